The van der Waals surface area contributed by atoms with Crippen LogP contribution in [-0.4, -0.2) is 40.8 Å². The van der Waals surface area contributed by atoms with Crippen LogP contribution in [0.3, 0.4) is 0 Å². The summed E-state index contributed by atoms with van der Waals surface area (Å²) in [5.74, 6) is 0.834. The van der Waals surface area contributed by atoms with Crippen molar-refractivity contribution in [3.8, 4) is 11.8 Å². The van der Waals surface area contributed by atoms with Crippen LogP contribution >= 0.6 is 11.5 Å². The molecule has 8 heteroatoms. The van der Waals surface area contributed by atoms with E-state index < -0.39 is 0 Å². The maximum absolute atomic E-state index is 5.28. The minimum absolute atomic E-state index is 0.159. The Morgan fingerprint density at radius 3 is 2.63 bits per heavy atom. The van der Waals surface area contributed by atoms with Crippen LogP contribution in [0.2, 0.25) is 0 Å². The van der Waals surface area contributed by atoms with Gasteiger partial charge < -0.3 is 14.8 Å². The smallest absolute Gasteiger partial charge is 0.240 e. The molecule has 0 bridgehead atoms. The van der Waals surface area contributed by atoms with Crippen molar-refractivity contribution < 1.29 is 9.47 Å². The van der Waals surface area contributed by atoms with Crippen molar-refractivity contribution in [2.45, 2.75) is 13.0 Å². The van der Waals surface area contributed by atoms with Crippen LogP contribution in [-0.2, 0) is 0 Å². The lowest BCUT2D eigenvalue weighted by atomic mass is 10.1. The zero-order valence-electron chi connectivity index (χ0n) is 11.2. The van der Waals surface area contributed by atoms with Gasteiger partial charge >= 0.3 is 0 Å². The first-order valence-corrected chi connectivity index (χ1v) is 6.39. The molecule has 1 N–H and O–H groups in total. The highest BCUT2D eigenvalue weighted by molar-refractivity contribution is 7.05. The highest BCUT2D eigenvalue weighted by atomic mass is 32.1. The second-order valence-corrected chi connectivity index (χ2v) is 4.54. The van der Waals surface area contributed by atoms with E-state index in [9.17, 15) is 0 Å². The molecule has 19 heavy (non-hydrogen) atoms. The van der Waals surface area contributed by atoms with Crippen LogP contribution in [0, 0.1) is 6.92 Å². The number of nitrogens with one attached hydrogen (secondary N) is 1. The molecule has 7 nitrogen and oxygen atoms in total. The lowest BCUT2D eigenvalue weighted by molar-refractivity contribution is 0.353. The maximum Gasteiger partial charge on any atom is 0.240 e. The Bertz CT molecular complexity index is 560. The van der Waals surface area contributed by atoms with Crippen LogP contribution in [0.1, 0.15) is 22.3 Å². The molecule has 2 rings (SSSR count). The molecular weight excluding hydrogens is 266 g/mol. The first-order chi connectivity index (χ1) is 9.21. The molecule has 0 amide bonds. The normalized spacial score (nSPS) is 12.2. The van der Waals surface area contributed by atoms with Gasteiger partial charge in [0, 0.05) is 0 Å². The Balaban J connectivity index is 2.46. The van der Waals surface area contributed by atoms with Crippen LogP contribution in [0.4, 0.5) is 0 Å². The van der Waals surface area contributed by atoms with Crippen molar-refractivity contribution in [3.05, 3.63) is 22.5 Å². The largest absolute Gasteiger partial charge is 0.480 e. The summed E-state index contributed by atoms with van der Waals surface area (Å²) in [5.41, 5.74) is 1.55. The van der Waals surface area contributed by atoms with Gasteiger partial charge in [0.2, 0.25) is 11.8 Å². The number of nitrogens with zero attached hydrogens (tertiary/aromatic N) is 4. The van der Waals surface area contributed by atoms with E-state index in [1.807, 2.05) is 14.0 Å². The third kappa shape index (κ3) is 2.64. The van der Waals surface area contributed by atoms with Crippen molar-refractivity contribution in [3.63, 3.8) is 0 Å². The zero-order valence-corrected chi connectivity index (χ0v) is 12.0. The summed E-state index contributed by atoms with van der Waals surface area (Å²) in [5, 5.41) is 7.20. The van der Waals surface area contributed by atoms with Crippen molar-refractivity contribution >= 4 is 11.5 Å². The number of ether oxygens (including phenoxy) is 2. The Hall–Kier alpha value is -1.80. The maximum atomic E-state index is 5.28. The van der Waals surface area contributed by atoms with Crippen LogP contribution in [0.5, 0.6) is 11.8 Å². The number of aryl methyl sites for hydroxylation is 1. The highest BCUT2D eigenvalue weighted by Gasteiger charge is 2.24. The van der Waals surface area contributed by atoms with E-state index in [2.05, 4.69) is 24.9 Å². The van der Waals surface area contributed by atoms with Crippen molar-refractivity contribution in [2.75, 3.05) is 21.3 Å². The van der Waals surface area contributed by atoms with Gasteiger partial charge in [0.05, 0.1) is 37.0 Å². The SMILES string of the molecule is CNC(c1ncc(OC)nc1OC)c1snnc1C. The summed E-state index contributed by atoms with van der Waals surface area (Å²) < 4.78 is 14.3. The van der Waals surface area contributed by atoms with Crippen LogP contribution in [0.25, 0.3) is 0 Å². The molecular formula is C11H15N5O2S. The van der Waals surface area contributed by atoms with Crippen molar-refractivity contribution in [1.29, 1.82) is 0 Å². The molecule has 2 heterocycles. The summed E-state index contributed by atoms with van der Waals surface area (Å²) in [6.07, 6.45) is 1.56. The summed E-state index contributed by atoms with van der Waals surface area (Å²) in [7, 11) is 4.93. The van der Waals surface area contributed by atoms with E-state index in [0.717, 1.165) is 10.6 Å². The second-order valence-electron chi connectivity index (χ2n) is 3.75. The molecule has 0 fully saturated rings. The lowest BCUT2D eigenvalue weighted by Gasteiger charge is -2.16. The summed E-state index contributed by atoms with van der Waals surface area (Å²) >= 11 is 1.33. The Morgan fingerprint density at radius 2 is 2.11 bits per heavy atom. The number of rotatable bonds is 5. The van der Waals surface area contributed by atoms with Crippen molar-refractivity contribution in [2.24, 2.45) is 0 Å². The summed E-state index contributed by atoms with van der Waals surface area (Å²) in [6, 6.07) is -0.159. The molecule has 102 valence electrons. The predicted molar refractivity (Wildman–Crippen MR) is 70.7 cm³/mol. The first-order valence-electron chi connectivity index (χ1n) is 5.62. The van der Waals surface area contributed by atoms with Crippen LogP contribution < -0.4 is 14.8 Å². The van der Waals surface area contributed by atoms with Gasteiger partial charge in [0.15, 0.2) is 0 Å². The van der Waals surface area contributed by atoms with Gasteiger partial charge in [-0.2, -0.15) is 4.98 Å². The molecule has 0 aliphatic carbocycles. The van der Waals surface area contributed by atoms with E-state index in [0.29, 0.717) is 17.5 Å². The van der Waals surface area contributed by atoms with Gasteiger partial charge in [-0.15, -0.1) is 5.10 Å². The summed E-state index contributed by atoms with van der Waals surface area (Å²) in [4.78, 5) is 9.59. The topological polar surface area (TPSA) is 82.1 Å². The standard InChI is InChI=1S/C11H15N5O2S/c1-6-10(19-16-15-6)8(12-2)9-11(18-4)14-7(17-3)5-13-9/h5,8,12H,1-4H3. The molecule has 0 spiro atoms. The molecule has 0 aliphatic heterocycles. The van der Waals surface area contributed by atoms with E-state index >= 15 is 0 Å². The van der Waals surface area contributed by atoms with Gasteiger partial charge in [-0.05, 0) is 25.5 Å². The zero-order chi connectivity index (χ0) is 13.8. The quantitative estimate of drug-likeness (QED) is 0.874. The van der Waals surface area contributed by atoms with Gasteiger partial charge in [-0.25, -0.2) is 4.98 Å². The van der Waals surface area contributed by atoms with Gasteiger partial charge in [0.25, 0.3) is 0 Å². The van der Waals surface area contributed by atoms with Gasteiger partial charge in [0.1, 0.15) is 5.69 Å². The second kappa shape index (κ2) is 5.89. The highest BCUT2D eigenvalue weighted by Crippen LogP contribution is 2.30. The fraction of sp³-hybridized carbons (Fsp3) is 0.455. The van der Waals surface area contributed by atoms with Crippen LogP contribution in [0.15, 0.2) is 6.20 Å². The lowest BCUT2D eigenvalue weighted by Crippen LogP contribution is -2.20. The minimum Gasteiger partial charge on any atom is -0.480 e. The third-order valence-corrected chi connectivity index (χ3v) is 3.55. The van der Waals surface area contributed by atoms with Crippen molar-refractivity contribution in [1.82, 2.24) is 24.9 Å². The summed E-state index contributed by atoms with van der Waals surface area (Å²) in [6.45, 7) is 1.91. The molecule has 0 saturated heterocycles. The first kappa shape index (κ1) is 13.6. The fourth-order valence-corrected chi connectivity index (χ4v) is 2.47. The monoisotopic (exact) mass is 281 g/mol. The molecule has 0 radical (unpaired) electrons. The average Bonchev–Trinajstić information content (AvgIpc) is 2.86. The molecule has 2 aromatic heterocycles. The van der Waals surface area contributed by atoms with E-state index in [1.165, 1.54) is 18.6 Å². The molecule has 1 atom stereocenters. The Labute approximate surface area is 115 Å². The predicted octanol–water partition coefficient (Wildman–Crippen LogP) is 0.963. The average molecular weight is 281 g/mol. The minimum atomic E-state index is -0.159. The Morgan fingerprint density at radius 1 is 1.32 bits per heavy atom. The van der Waals surface area contributed by atoms with Gasteiger partial charge in [-0.3, -0.25) is 0 Å². The third-order valence-electron chi connectivity index (χ3n) is 2.66. The molecule has 2 aromatic rings. The van der Waals surface area contributed by atoms with Gasteiger partial charge in [-0.1, -0.05) is 4.49 Å². The van der Waals surface area contributed by atoms with E-state index in [1.54, 1.807) is 13.3 Å². The molecule has 0 aliphatic rings. The number of hydrogen-bond donors (Lipinski definition) is 1. The van der Waals surface area contributed by atoms with E-state index in [-0.39, 0.29) is 6.04 Å². The number of methoxy groups -OCH3 is 2. The fourth-order valence-electron chi connectivity index (χ4n) is 1.71. The number of aromatic nitrogens is 4. The van der Waals surface area contributed by atoms with E-state index in [4.69, 9.17) is 9.47 Å². The molecule has 0 saturated carbocycles. The molecule has 0 aromatic carbocycles. The molecule has 1 unspecified atom stereocenters. The number of hydrogen-bond acceptors (Lipinski definition) is 8. The Kier molecular flexibility index (Phi) is 4.23.